The number of amides is 2. The third kappa shape index (κ3) is 7.09. The van der Waals surface area contributed by atoms with Crippen LogP contribution in [0.1, 0.15) is 50.7 Å². The number of hydrogen-bond acceptors (Lipinski definition) is 3. The van der Waals surface area contributed by atoms with E-state index in [1.165, 1.54) is 5.56 Å². The Balaban J connectivity index is 1.65. The van der Waals surface area contributed by atoms with E-state index in [1.54, 1.807) is 7.11 Å². The highest BCUT2D eigenvalue weighted by Gasteiger charge is 2.43. The van der Waals surface area contributed by atoms with Gasteiger partial charge in [0.25, 0.3) is 0 Å². The molecule has 1 fully saturated rings. The third-order valence-electron chi connectivity index (χ3n) is 7.06. The summed E-state index contributed by atoms with van der Waals surface area (Å²) < 4.78 is 5.29. The molecule has 36 heavy (non-hydrogen) atoms. The van der Waals surface area contributed by atoms with Crippen molar-refractivity contribution in [3.8, 4) is 5.75 Å². The van der Waals surface area contributed by atoms with Crippen molar-refractivity contribution in [1.82, 2.24) is 10.2 Å². The fourth-order valence-corrected chi connectivity index (χ4v) is 4.94. The second-order valence-corrected chi connectivity index (χ2v) is 9.39. The van der Waals surface area contributed by atoms with Crippen molar-refractivity contribution < 1.29 is 14.3 Å². The first-order valence-corrected chi connectivity index (χ1v) is 13.1. The first kappa shape index (κ1) is 27.3. The van der Waals surface area contributed by atoms with Crippen LogP contribution in [-0.2, 0) is 22.4 Å². The second kappa shape index (κ2) is 13.7. The van der Waals surface area contributed by atoms with Gasteiger partial charge in [0.2, 0.25) is 11.8 Å². The summed E-state index contributed by atoms with van der Waals surface area (Å²) >= 11 is 0. The van der Waals surface area contributed by atoms with Crippen LogP contribution in [0.4, 0.5) is 0 Å². The number of ether oxygens (including phenoxy) is 1. The molecule has 1 aliphatic rings. The number of hydrogen-bond donors (Lipinski definition) is 1. The SMILES string of the molecule is C/C=C(\C=C/CC)C1(C(=O)NCCCc2ccccc2)CCN(C(=O)Cc2cccc(OC)c2)CC1. The van der Waals surface area contributed by atoms with Crippen molar-refractivity contribution in [2.45, 2.75) is 52.4 Å². The van der Waals surface area contributed by atoms with Gasteiger partial charge in [0.05, 0.1) is 18.9 Å². The van der Waals surface area contributed by atoms with Crippen molar-refractivity contribution in [2.24, 2.45) is 5.41 Å². The smallest absolute Gasteiger partial charge is 0.230 e. The molecule has 0 aliphatic carbocycles. The molecule has 2 amide bonds. The summed E-state index contributed by atoms with van der Waals surface area (Å²) in [7, 11) is 1.63. The summed E-state index contributed by atoms with van der Waals surface area (Å²) in [5.74, 6) is 0.915. The van der Waals surface area contributed by atoms with Gasteiger partial charge in [0.1, 0.15) is 5.75 Å². The molecule has 2 aromatic rings. The van der Waals surface area contributed by atoms with Gasteiger partial charge in [-0.15, -0.1) is 0 Å². The molecular weight excluding hydrogens is 448 g/mol. The number of methoxy groups -OCH3 is 1. The van der Waals surface area contributed by atoms with E-state index >= 15 is 0 Å². The predicted octanol–water partition coefficient (Wildman–Crippen LogP) is 5.51. The van der Waals surface area contributed by atoms with Crippen molar-refractivity contribution >= 4 is 11.8 Å². The largest absolute Gasteiger partial charge is 0.497 e. The van der Waals surface area contributed by atoms with Crippen LogP contribution in [0.5, 0.6) is 5.75 Å². The van der Waals surface area contributed by atoms with E-state index in [0.29, 0.717) is 38.9 Å². The Morgan fingerprint density at radius 1 is 1.06 bits per heavy atom. The predicted molar refractivity (Wildman–Crippen MR) is 146 cm³/mol. The minimum Gasteiger partial charge on any atom is -0.497 e. The number of aryl methyl sites for hydroxylation is 1. The Morgan fingerprint density at radius 2 is 1.78 bits per heavy atom. The number of benzene rings is 2. The second-order valence-electron chi connectivity index (χ2n) is 9.39. The Labute approximate surface area is 216 Å². The molecule has 1 heterocycles. The number of nitrogens with one attached hydrogen (secondary N) is 1. The normalized spacial score (nSPS) is 15.6. The van der Waals surface area contributed by atoms with Gasteiger partial charge in [0.15, 0.2) is 0 Å². The van der Waals surface area contributed by atoms with Crippen LogP contribution < -0.4 is 10.1 Å². The summed E-state index contributed by atoms with van der Waals surface area (Å²) in [4.78, 5) is 28.6. The number of carbonyl (C=O) groups excluding carboxylic acids is 2. The topological polar surface area (TPSA) is 58.6 Å². The van der Waals surface area contributed by atoms with Crippen molar-refractivity contribution in [3.05, 3.63) is 89.5 Å². The first-order valence-electron chi connectivity index (χ1n) is 13.1. The fourth-order valence-electron chi connectivity index (χ4n) is 4.94. The maximum absolute atomic E-state index is 13.6. The lowest BCUT2D eigenvalue weighted by Gasteiger charge is -2.41. The van der Waals surface area contributed by atoms with Crippen molar-refractivity contribution in [3.63, 3.8) is 0 Å². The minimum atomic E-state index is -0.611. The average Bonchev–Trinajstić information content (AvgIpc) is 2.92. The molecule has 1 aliphatic heterocycles. The van der Waals surface area contributed by atoms with Gasteiger partial charge < -0.3 is 15.0 Å². The maximum atomic E-state index is 13.6. The van der Waals surface area contributed by atoms with Crippen LogP contribution in [0.3, 0.4) is 0 Å². The molecule has 5 heteroatoms. The van der Waals surface area contributed by atoms with Crippen molar-refractivity contribution in [1.29, 1.82) is 0 Å². The molecule has 0 bridgehead atoms. The highest BCUT2D eigenvalue weighted by molar-refractivity contribution is 5.87. The minimum absolute atomic E-state index is 0.0734. The van der Waals surface area contributed by atoms with Gasteiger partial charge in [0, 0.05) is 19.6 Å². The highest BCUT2D eigenvalue weighted by Crippen LogP contribution is 2.40. The van der Waals surface area contributed by atoms with E-state index in [0.717, 1.165) is 36.1 Å². The molecule has 0 saturated carbocycles. The Bertz CT molecular complexity index is 1050. The van der Waals surface area contributed by atoms with Crippen LogP contribution in [0.2, 0.25) is 0 Å². The van der Waals surface area contributed by atoms with Gasteiger partial charge in [-0.3, -0.25) is 9.59 Å². The lowest BCUT2D eigenvalue weighted by atomic mass is 9.71. The summed E-state index contributed by atoms with van der Waals surface area (Å²) in [6, 6.07) is 18.0. The van der Waals surface area contributed by atoms with E-state index in [1.807, 2.05) is 54.3 Å². The Kier molecular flexibility index (Phi) is 10.3. The molecular formula is C31H40N2O3. The van der Waals surface area contributed by atoms with Gasteiger partial charge >= 0.3 is 0 Å². The Hall–Kier alpha value is -3.34. The quantitative estimate of drug-likeness (QED) is 0.335. The fraction of sp³-hybridized carbons (Fsp3) is 0.419. The summed E-state index contributed by atoms with van der Waals surface area (Å²) in [6.07, 6.45) is 10.6. The zero-order valence-electron chi connectivity index (χ0n) is 22.0. The van der Waals surface area contributed by atoms with Crippen LogP contribution in [0.15, 0.2) is 78.4 Å². The summed E-state index contributed by atoms with van der Waals surface area (Å²) in [5, 5.41) is 3.22. The van der Waals surface area contributed by atoms with Crippen LogP contribution in [0, 0.1) is 5.41 Å². The Morgan fingerprint density at radius 3 is 2.44 bits per heavy atom. The number of likely N-dealkylation sites (tertiary alicyclic amines) is 1. The van der Waals surface area contributed by atoms with E-state index < -0.39 is 5.41 Å². The number of allylic oxidation sites excluding steroid dienone is 3. The van der Waals surface area contributed by atoms with Gasteiger partial charge in [-0.25, -0.2) is 0 Å². The van der Waals surface area contributed by atoms with Gasteiger partial charge in [-0.2, -0.15) is 0 Å². The van der Waals surface area contributed by atoms with E-state index in [2.05, 4.69) is 42.6 Å². The zero-order chi connectivity index (χ0) is 25.8. The van der Waals surface area contributed by atoms with Crippen molar-refractivity contribution in [2.75, 3.05) is 26.7 Å². The van der Waals surface area contributed by atoms with E-state index in [-0.39, 0.29) is 11.8 Å². The number of carbonyl (C=O) groups is 2. The maximum Gasteiger partial charge on any atom is 0.230 e. The zero-order valence-corrected chi connectivity index (χ0v) is 22.0. The number of rotatable bonds is 11. The van der Waals surface area contributed by atoms with E-state index in [9.17, 15) is 9.59 Å². The first-order chi connectivity index (χ1) is 17.5. The number of piperidine rings is 1. The molecule has 192 valence electrons. The molecule has 3 rings (SSSR count). The van der Waals surface area contributed by atoms with Gasteiger partial charge in [-0.1, -0.05) is 67.6 Å². The summed E-state index contributed by atoms with van der Waals surface area (Å²) in [6.45, 7) is 5.87. The summed E-state index contributed by atoms with van der Waals surface area (Å²) in [5.41, 5.74) is 2.65. The monoisotopic (exact) mass is 488 g/mol. The number of nitrogens with zero attached hydrogens (tertiary/aromatic N) is 1. The molecule has 5 nitrogen and oxygen atoms in total. The van der Waals surface area contributed by atoms with Crippen LogP contribution >= 0.6 is 0 Å². The molecule has 0 aromatic heterocycles. The van der Waals surface area contributed by atoms with E-state index in [4.69, 9.17) is 4.74 Å². The third-order valence-corrected chi connectivity index (χ3v) is 7.06. The molecule has 1 N–H and O–H groups in total. The highest BCUT2D eigenvalue weighted by atomic mass is 16.5. The van der Waals surface area contributed by atoms with Crippen LogP contribution in [-0.4, -0.2) is 43.5 Å². The average molecular weight is 489 g/mol. The molecule has 2 aromatic carbocycles. The molecule has 1 saturated heterocycles. The lowest BCUT2D eigenvalue weighted by molar-refractivity contribution is -0.138. The molecule has 0 spiro atoms. The lowest BCUT2D eigenvalue weighted by Crippen LogP contribution is -2.51. The molecule has 0 atom stereocenters. The van der Waals surface area contributed by atoms with Crippen LogP contribution in [0.25, 0.3) is 0 Å². The van der Waals surface area contributed by atoms with Gasteiger partial charge in [-0.05, 0) is 67.9 Å². The molecule has 0 unspecified atom stereocenters. The molecule has 0 radical (unpaired) electrons. The standard InChI is InChI=1S/C31H40N2O3/c1-4-6-16-27(5-2)31(30(35)32-20-11-15-25-12-8-7-9-13-25)18-21-33(22-19-31)29(34)24-26-14-10-17-28(23-26)36-3/h5-10,12-14,16-17,23H,4,11,15,18-22,24H2,1-3H3,(H,32,35)/b16-6-,27-5+.